The van der Waals surface area contributed by atoms with Crippen molar-refractivity contribution in [3.63, 3.8) is 0 Å². The highest BCUT2D eigenvalue weighted by Crippen LogP contribution is 2.22. The molecule has 1 N–H and O–H groups in total. The van der Waals surface area contributed by atoms with Crippen LogP contribution >= 0.6 is 0 Å². The van der Waals surface area contributed by atoms with Gasteiger partial charge < -0.3 is 14.7 Å². The Morgan fingerprint density at radius 2 is 2.09 bits per heavy atom. The number of nitrogens with zero attached hydrogens (tertiary/aromatic N) is 3. The first kappa shape index (κ1) is 17.5. The molecule has 2 heterocycles. The van der Waals surface area contributed by atoms with E-state index in [4.69, 9.17) is 4.74 Å². The van der Waals surface area contributed by atoms with Gasteiger partial charge in [0.25, 0.3) is 0 Å². The lowest BCUT2D eigenvalue weighted by Crippen LogP contribution is -2.57. The third kappa shape index (κ3) is 4.34. The van der Waals surface area contributed by atoms with Gasteiger partial charge in [-0.25, -0.2) is 9.78 Å². The average molecular weight is 321 g/mol. The van der Waals surface area contributed by atoms with Crippen LogP contribution in [0, 0.1) is 13.8 Å². The minimum Gasteiger partial charge on any atom is -0.444 e. The number of pyridine rings is 1. The van der Waals surface area contributed by atoms with Crippen LogP contribution in [0.5, 0.6) is 0 Å². The van der Waals surface area contributed by atoms with Crippen LogP contribution in [0.15, 0.2) is 12.3 Å². The summed E-state index contributed by atoms with van der Waals surface area (Å²) in [6.45, 7) is 11.2. The molecule has 1 fully saturated rings. The summed E-state index contributed by atoms with van der Waals surface area (Å²) in [4.78, 5) is 20.5. The maximum absolute atomic E-state index is 12.3. The molecule has 0 spiro atoms. The first-order valence-corrected chi connectivity index (χ1v) is 8.00. The maximum atomic E-state index is 12.3. The number of anilines is 1. The predicted molar refractivity (Wildman–Crippen MR) is 89.7 cm³/mol. The Morgan fingerprint density at radius 3 is 2.65 bits per heavy atom. The lowest BCUT2D eigenvalue weighted by atomic mass is 10.1. The zero-order valence-corrected chi connectivity index (χ0v) is 14.7. The monoisotopic (exact) mass is 321 g/mol. The molecule has 0 aromatic carbocycles. The average Bonchev–Trinajstić information content (AvgIpc) is 2.44. The Hall–Kier alpha value is -1.82. The number of rotatable bonds is 2. The summed E-state index contributed by atoms with van der Waals surface area (Å²) in [6, 6.07) is 1.80. The lowest BCUT2D eigenvalue weighted by Gasteiger charge is -2.41. The van der Waals surface area contributed by atoms with E-state index in [-0.39, 0.29) is 18.7 Å². The fraction of sp³-hybridized carbons (Fsp3) is 0.647. The zero-order chi connectivity index (χ0) is 17.2. The van der Waals surface area contributed by atoms with Crippen LogP contribution in [-0.4, -0.2) is 59.0 Å². The SMILES string of the molecule is Cc1cnc(N2CCN(C(=O)OC(C)(C)C)C(CO)C2)c(C)c1. The van der Waals surface area contributed by atoms with Crippen molar-refractivity contribution in [2.45, 2.75) is 46.3 Å². The van der Waals surface area contributed by atoms with E-state index in [0.717, 1.165) is 16.9 Å². The van der Waals surface area contributed by atoms with Crippen LogP contribution in [-0.2, 0) is 4.74 Å². The van der Waals surface area contributed by atoms with E-state index < -0.39 is 5.60 Å². The number of aliphatic hydroxyl groups is 1. The lowest BCUT2D eigenvalue weighted by molar-refractivity contribution is 0.00699. The topological polar surface area (TPSA) is 65.9 Å². The molecule has 1 aliphatic heterocycles. The fourth-order valence-corrected chi connectivity index (χ4v) is 2.80. The normalized spacial score (nSPS) is 19.0. The van der Waals surface area contributed by atoms with Crippen molar-refractivity contribution in [2.75, 3.05) is 31.1 Å². The molecule has 1 aliphatic rings. The van der Waals surface area contributed by atoms with Crippen LogP contribution < -0.4 is 4.90 Å². The van der Waals surface area contributed by atoms with Crippen molar-refractivity contribution in [3.05, 3.63) is 23.4 Å². The Balaban J connectivity index is 2.11. The molecule has 6 nitrogen and oxygen atoms in total. The Labute approximate surface area is 138 Å². The number of ether oxygens (including phenoxy) is 1. The van der Waals surface area contributed by atoms with Crippen LogP contribution in [0.4, 0.5) is 10.6 Å². The second-order valence-corrected chi connectivity index (χ2v) is 7.11. The largest absolute Gasteiger partial charge is 0.444 e. The Kier molecular flexibility index (Phi) is 5.14. The third-order valence-corrected chi connectivity index (χ3v) is 3.81. The van der Waals surface area contributed by atoms with Crippen molar-refractivity contribution in [2.24, 2.45) is 0 Å². The standard InChI is InChI=1S/C17H27N3O3/c1-12-8-13(2)15(18-9-12)19-6-7-20(14(10-19)11-21)16(22)23-17(3,4)5/h8-9,14,21H,6-7,10-11H2,1-5H3. The number of aliphatic hydroxyl groups excluding tert-OH is 1. The molecule has 2 rings (SSSR count). The van der Waals surface area contributed by atoms with E-state index in [1.54, 1.807) is 4.90 Å². The van der Waals surface area contributed by atoms with Gasteiger partial charge in [0.15, 0.2) is 0 Å². The van der Waals surface area contributed by atoms with Crippen LogP contribution in [0.2, 0.25) is 0 Å². The van der Waals surface area contributed by atoms with Crippen LogP contribution in [0.1, 0.15) is 31.9 Å². The molecular formula is C17H27N3O3. The number of hydrogen-bond acceptors (Lipinski definition) is 5. The fourth-order valence-electron chi connectivity index (χ4n) is 2.80. The molecule has 0 bridgehead atoms. The van der Waals surface area contributed by atoms with Gasteiger partial charge in [0, 0.05) is 25.8 Å². The van der Waals surface area contributed by atoms with Crippen molar-refractivity contribution in [3.8, 4) is 0 Å². The van der Waals surface area contributed by atoms with Gasteiger partial charge in [0.05, 0.1) is 12.6 Å². The first-order valence-electron chi connectivity index (χ1n) is 8.00. The minimum atomic E-state index is -0.538. The second kappa shape index (κ2) is 6.74. The van der Waals surface area contributed by atoms with Gasteiger partial charge >= 0.3 is 6.09 Å². The highest BCUT2D eigenvalue weighted by molar-refractivity contribution is 5.69. The minimum absolute atomic E-state index is 0.0966. The highest BCUT2D eigenvalue weighted by Gasteiger charge is 2.33. The number of amides is 1. The maximum Gasteiger partial charge on any atom is 0.410 e. The molecule has 1 aromatic rings. The summed E-state index contributed by atoms with van der Waals surface area (Å²) in [5.74, 6) is 0.915. The van der Waals surface area contributed by atoms with E-state index in [2.05, 4.69) is 16.0 Å². The van der Waals surface area contributed by atoms with Gasteiger partial charge in [-0.1, -0.05) is 6.07 Å². The summed E-state index contributed by atoms with van der Waals surface area (Å²) in [5, 5.41) is 9.69. The van der Waals surface area contributed by atoms with Gasteiger partial charge in [-0.15, -0.1) is 0 Å². The summed E-state index contributed by atoms with van der Waals surface area (Å²) in [5.41, 5.74) is 1.69. The van der Waals surface area contributed by atoms with Gasteiger partial charge in [-0.05, 0) is 45.7 Å². The van der Waals surface area contributed by atoms with E-state index in [1.165, 1.54) is 0 Å². The Morgan fingerprint density at radius 1 is 1.39 bits per heavy atom. The molecule has 0 aliphatic carbocycles. The van der Waals surface area contributed by atoms with Crippen LogP contribution in [0.3, 0.4) is 0 Å². The van der Waals surface area contributed by atoms with E-state index in [1.807, 2.05) is 40.8 Å². The third-order valence-electron chi connectivity index (χ3n) is 3.81. The van der Waals surface area contributed by atoms with Crippen molar-refractivity contribution in [1.82, 2.24) is 9.88 Å². The van der Waals surface area contributed by atoms with Gasteiger partial charge in [-0.3, -0.25) is 4.90 Å². The molecule has 128 valence electrons. The van der Waals surface area contributed by atoms with Gasteiger partial charge in [-0.2, -0.15) is 0 Å². The molecular weight excluding hydrogens is 294 g/mol. The summed E-state index contributed by atoms with van der Waals surface area (Å²) >= 11 is 0. The van der Waals surface area contributed by atoms with E-state index in [9.17, 15) is 9.90 Å². The van der Waals surface area contributed by atoms with Crippen molar-refractivity contribution in [1.29, 1.82) is 0 Å². The van der Waals surface area contributed by atoms with Crippen LogP contribution in [0.25, 0.3) is 0 Å². The molecule has 23 heavy (non-hydrogen) atoms. The summed E-state index contributed by atoms with van der Waals surface area (Å²) < 4.78 is 5.43. The number of carbonyl (C=O) groups is 1. The number of hydrogen-bond donors (Lipinski definition) is 1. The molecule has 0 radical (unpaired) electrons. The number of carbonyl (C=O) groups excluding carboxylic acids is 1. The summed E-state index contributed by atoms with van der Waals surface area (Å²) in [7, 11) is 0. The predicted octanol–water partition coefficient (Wildman–Crippen LogP) is 2.12. The quantitative estimate of drug-likeness (QED) is 0.904. The van der Waals surface area contributed by atoms with Crippen molar-refractivity contribution >= 4 is 11.9 Å². The highest BCUT2D eigenvalue weighted by atomic mass is 16.6. The molecule has 6 heteroatoms. The smallest absolute Gasteiger partial charge is 0.410 e. The van der Waals surface area contributed by atoms with E-state index in [0.29, 0.717) is 19.6 Å². The number of aryl methyl sites for hydroxylation is 2. The zero-order valence-electron chi connectivity index (χ0n) is 14.7. The Bertz CT molecular complexity index is 569. The molecule has 1 saturated heterocycles. The molecule has 1 unspecified atom stereocenters. The summed E-state index contributed by atoms with van der Waals surface area (Å²) in [6.07, 6.45) is 1.47. The number of piperazine rings is 1. The molecule has 1 atom stereocenters. The van der Waals surface area contributed by atoms with Gasteiger partial charge in [0.2, 0.25) is 0 Å². The van der Waals surface area contributed by atoms with Gasteiger partial charge in [0.1, 0.15) is 11.4 Å². The van der Waals surface area contributed by atoms with Crippen molar-refractivity contribution < 1.29 is 14.6 Å². The van der Waals surface area contributed by atoms with E-state index >= 15 is 0 Å². The molecule has 1 amide bonds. The molecule has 0 saturated carbocycles. The molecule has 1 aromatic heterocycles. The number of aromatic nitrogens is 1. The first-order chi connectivity index (χ1) is 10.7. The second-order valence-electron chi connectivity index (χ2n) is 7.11.